The van der Waals surface area contributed by atoms with Gasteiger partial charge in [-0.05, 0) is 44.3 Å². The van der Waals surface area contributed by atoms with E-state index in [1.54, 1.807) is 23.4 Å². The van der Waals surface area contributed by atoms with E-state index in [0.717, 1.165) is 19.6 Å². The Kier molecular flexibility index (Phi) is 5.10. The van der Waals surface area contributed by atoms with Gasteiger partial charge in [0.1, 0.15) is 5.69 Å². The second kappa shape index (κ2) is 7.04. The summed E-state index contributed by atoms with van der Waals surface area (Å²) in [6, 6.07) is 5.37. The van der Waals surface area contributed by atoms with Crippen LogP contribution in [0, 0.1) is 0 Å². The predicted octanol–water partition coefficient (Wildman–Crippen LogP) is 2.15. The highest BCUT2D eigenvalue weighted by molar-refractivity contribution is 5.92. The maximum atomic E-state index is 12.2. The Morgan fingerprint density at radius 3 is 2.79 bits per heavy atom. The van der Waals surface area contributed by atoms with Crippen molar-refractivity contribution in [3.63, 3.8) is 0 Å². The van der Waals surface area contributed by atoms with Crippen molar-refractivity contribution in [2.45, 2.75) is 19.3 Å². The van der Waals surface area contributed by atoms with Crippen LogP contribution in [-0.4, -0.2) is 46.9 Å². The molecule has 19 heavy (non-hydrogen) atoms. The molecular formula is C15H21N3O. The van der Waals surface area contributed by atoms with Crippen LogP contribution in [0.5, 0.6) is 0 Å². The van der Waals surface area contributed by atoms with Gasteiger partial charge in [-0.3, -0.25) is 9.78 Å². The van der Waals surface area contributed by atoms with Crippen LogP contribution in [-0.2, 0) is 0 Å². The molecule has 1 aromatic rings. The van der Waals surface area contributed by atoms with Crippen LogP contribution in [0.3, 0.4) is 0 Å². The zero-order valence-corrected chi connectivity index (χ0v) is 11.3. The molecule has 1 aliphatic heterocycles. The Balaban J connectivity index is 1.89. The van der Waals surface area contributed by atoms with Crippen molar-refractivity contribution in [1.82, 2.24) is 14.8 Å². The van der Waals surface area contributed by atoms with Crippen LogP contribution in [0.15, 0.2) is 37.2 Å². The monoisotopic (exact) mass is 259 g/mol. The lowest BCUT2D eigenvalue weighted by molar-refractivity contribution is 0.0797. The number of likely N-dealkylation sites (tertiary alicyclic amines) is 1. The molecule has 0 radical (unpaired) electrons. The fraction of sp³-hybridized carbons (Fsp3) is 0.467. The summed E-state index contributed by atoms with van der Waals surface area (Å²) in [6.07, 6.45) is 7.10. The lowest BCUT2D eigenvalue weighted by Crippen LogP contribution is -2.38. The number of nitrogens with zero attached hydrogens (tertiary/aromatic N) is 3. The summed E-state index contributed by atoms with van der Waals surface area (Å²) in [6.45, 7) is 7.60. The largest absolute Gasteiger partial charge is 0.313 e. The standard InChI is InChI=1S/C15H21N3O/c1-2-18(13-12-17-10-6-3-7-11-17)15(19)14-8-4-5-9-16-14/h2,4-5,8-9H,1,3,6-7,10-13H2. The molecule has 0 N–H and O–H groups in total. The fourth-order valence-corrected chi connectivity index (χ4v) is 2.34. The van der Waals surface area contributed by atoms with E-state index < -0.39 is 0 Å². The van der Waals surface area contributed by atoms with E-state index in [2.05, 4.69) is 16.5 Å². The highest BCUT2D eigenvalue weighted by Gasteiger charge is 2.16. The van der Waals surface area contributed by atoms with E-state index in [1.165, 1.54) is 19.3 Å². The lowest BCUT2D eigenvalue weighted by Gasteiger charge is -2.28. The highest BCUT2D eigenvalue weighted by atomic mass is 16.2. The molecule has 102 valence electrons. The Morgan fingerprint density at radius 1 is 1.37 bits per heavy atom. The van der Waals surface area contributed by atoms with Gasteiger partial charge in [0.25, 0.3) is 5.91 Å². The van der Waals surface area contributed by atoms with Gasteiger partial charge in [0.2, 0.25) is 0 Å². The number of pyridine rings is 1. The molecule has 0 bridgehead atoms. The molecule has 1 aromatic heterocycles. The van der Waals surface area contributed by atoms with Crippen LogP contribution >= 0.6 is 0 Å². The molecule has 0 saturated carbocycles. The van der Waals surface area contributed by atoms with E-state index in [9.17, 15) is 4.79 Å². The van der Waals surface area contributed by atoms with Gasteiger partial charge in [-0.25, -0.2) is 0 Å². The van der Waals surface area contributed by atoms with Crippen molar-refractivity contribution in [3.8, 4) is 0 Å². The van der Waals surface area contributed by atoms with Crippen LogP contribution in [0.4, 0.5) is 0 Å². The van der Waals surface area contributed by atoms with Crippen LogP contribution in [0.2, 0.25) is 0 Å². The molecule has 0 aromatic carbocycles. The lowest BCUT2D eigenvalue weighted by atomic mass is 10.1. The Hall–Kier alpha value is -1.68. The van der Waals surface area contributed by atoms with Gasteiger partial charge in [-0.2, -0.15) is 0 Å². The minimum absolute atomic E-state index is 0.0763. The fourth-order valence-electron chi connectivity index (χ4n) is 2.34. The summed E-state index contributed by atoms with van der Waals surface area (Å²) in [5.41, 5.74) is 0.473. The first-order valence-corrected chi connectivity index (χ1v) is 6.88. The number of aromatic nitrogens is 1. The van der Waals surface area contributed by atoms with Crippen molar-refractivity contribution in [1.29, 1.82) is 0 Å². The van der Waals surface area contributed by atoms with Crippen molar-refractivity contribution in [2.75, 3.05) is 26.2 Å². The van der Waals surface area contributed by atoms with E-state index in [0.29, 0.717) is 12.2 Å². The van der Waals surface area contributed by atoms with Crippen molar-refractivity contribution < 1.29 is 4.79 Å². The molecule has 1 amide bonds. The molecule has 1 aliphatic rings. The van der Waals surface area contributed by atoms with Gasteiger partial charge < -0.3 is 9.80 Å². The smallest absolute Gasteiger partial charge is 0.276 e. The molecule has 1 fully saturated rings. The number of carbonyl (C=O) groups is 1. The van der Waals surface area contributed by atoms with Crippen molar-refractivity contribution in [3.05, 3.63) is 42.9 Å². The molecule has 0 aliphatic carbocycles. The first-order valence-electron chi connectivity index (χ1n) is 6.88. The van der Waals surface area contributed by atoms with E-state index in [-0.39, 0.29) is 5.91 Å². The third kappa shape index (κ3) is 3.89. The van der Waals surface area contributed by atoms with Crippen molar-refractivity contribution in [2.24, 2.45) is 0 Å². The maximum Gasteiger partial charge on any atom is 0.276 e. The zero-order valence-electron chi connectivity index (χ0n) is 11.3. The van der Waals surface area contributed by atoms with Gasteiger partial charge in [0.15, 0.2) is 0 Å². The summed E-state index contributed by atoms with van der Waals surface area (Å²) >= 11 is 0. The Bertz CT molecular complexity index is 413. The molecule has 4 heteroatoms. The molecular weight excluding hydrogens is 238 g/mol. The molecule has 0 atom stereocenters. The SMILES string of the molecule is C=CN(CCN1CCCCC1)C(=O)c1ccccn1. The summed E-state index contributed by atoms with van der Waals surface area (Å²) < 4.78 is 0. The number of carbonyl (C=O) groups excluding carboxylic acids is 1. The molecule has 2 rings (SSSR count). The average Bonchev–Trinajstić information content (AvgIpc) is 2.49. The van der Waals surface area contributed by atoms with Crippen LogP contribution < -0.4 is 0 Å². The summed E-state index contributed by atoms with van der Waals surface area (Å²) in [5, 5.41) is 0. The predicted molar refractivity (Wildman–Crippen MR) is 75.8 cm³/mol. The van der Waals surface area contributed by atoms with Gasteiger partial charge in [0, 0.05) is 19.3 Å². The second-order valence-corrected chi connectivity index (χ2v) is 4.80. The summed E-state index contributed by atoms with van der Waals surface area (Å²) in [7, 11) is 0. The summed E-state index contributed by atoms with van der Waals surface area (Å²) in [4.78, 5) is 20.4. The van der Waals surface area contributed by atoms with Crippen molar-refractivity contribution >= 4 is 5.91 Å². The average molecular weight is 259 g/mol. The number of piperidine rings is 1. The summed E-state index contributed by atoms with van der Waals surface area (Å²) in [5.74, 6) is -0.0763. The zero-order chi connectivity index (χ0) is 13.5. The molecule has 0 unspecified atom stereocenters. The third-order valence-corrected chi connectivity index (χ3v) is 3.47. The first-order chi connectivity index (χ1) is 9.31. The normalized spacial score (nSPS) is 16.0. The minimum atomic E-state index is -0.0763. The van der Waals surface area contributed by atoms with Crippen LogP contribution in [0.25, 0.3) is 0 Å². The highest BCUT2D eigenvalue weighted by Crippen LogP contribution is 2.09. The quantitative estimate of drug-likeness (QED) is 0.813. The van der Waals surface area contributed by atoms with E-state index >= 15 is 0 Å². The second-order valence-electron chi connectivity index (χ2n) is 4.80. The first kappa shape index (κ1) is 13.7. The Labute approximate surface area is 114 Å². The minimum Gasteiger partial charge on any atom is -0.313 e. The molecule has 0 spiro atoms. The molecule has 1 saturated heterocycles. The van der Waals surface area contributed by atoms with E-state index in [1.807, 2.05) is 12.1 Å². The van der Waals surface area contributed by atoms with Gasteiger partial charge >= 0.3 is 0 Å². The van der Waals surface area contributed by atoms with Gasteiger partial charge in [-0.1, -0.05) is 19.1 Å². The molecule has 4 nitrogen and oxygen atoms in total. The topological polar surface area (TPSA) is 36.4 Å². The maximum absolute atomic E-state index is 12.2. The van der Waals surface area contributed by atoms with E-state index in [4.69, 9.17) is 0 Å². The third-order valence-electron chi connectivity index (χ3n) is 3.47. The van der Waals surface area contributed by atoms with Gasteiger partial charge in [0.05, 0.1) is 0 Å². The number of hydrogen-bond donors (Lipinski definition) is 0. The number of hydrogen-bond acceptors (Lipinski definition) is 3. The number of rotatable bonds is 5. The van der Waals surface area contributed by atoms with Gasteiger partial charge in [-0.15, -0.1) is 0 Å². The molecule has 2 heterocycles. The van der Waals surface area contributed by atoms with Crippen LogP contribution in [0.1, 0.15) is 29.8 Å². The Morgan fingerprint density at radius 2 is 2.16 bits per heavy atom. The number of amides is 1.